The zero-order valence-electron chi connectivity index (χ0n) is 8.49. The third-order valence-corrected chi connectivity index (χ3v) is 1.91. The van der Waals surface area contributed by atoms with Gasteiger partial charge in [0.05, 0.1) is 1.37 Å². The van der Waals surface area contributed by atoms with Crippen LogP contribution in [0.5, 0.6) is 0 Å². The molecule has 0 amide bonds. The van der Waals surface area contributed by atoms with Gasteiger partial charge in [0.2, 0.25) is 13.7 Å². The monoisotopic (exact) mass is 385 g/mol. The minimum absolute atomic E-state index is 0.752. The van der Waals surface area contributed by atoms with Crippen molar-refractivity contribution in [1.29, 1.82) is 0 Å². The smallest absolute Gasteiger partial charge is 0.404 e. The van der Waals surface area contributed by atoms with E-state index in [1.807, 2.05) is 0 Å². The van der Waals surface area contributed by atoms with Gasteiger partial charge in [0, 0.05) is 11.6 Å². The maximum absolute atomic E-state index is 11.5. The molecule has 0 N–H and O–H groups in total. The van der Waals surface area contributed by atoms with Gasteiger partial charge in [-0.2, -0.15) is 0 Å². The van der Waals surface area contributed by atoms with Crippen LogP contribution in [0.3, 0.4) is 0 Å². The summed E-state index contributed by atoms with van der Waals surface area (Å²) in [5, 5.41) is 0. The standard InChI is InChI=1S/C6H3Cl7O4/c7-4(15)17-2(6(11,12)13)3(14)16-1-5(8,9)10/h2H,1H2/i2D. The molecule has 0 aliphatic heterocycles. The van der Waals surface area contributed by atoms with Gasteiger partial charge in [-0.25, -0.2) is 9.59 Å². The first kappa shape index (κ1) is 16.0. The Balaban J connectivity index is 5.00. The van der Waals surface area contributed by atoms with E-state index in [-0.39, 0.29) is 0 Å². The Morgan fingerprint density at radius 2 is 1.65 bits per heavy atom. The van der Waals surface area contributed by atoms with Crippen molar-refractivity contribution < 1.29 is 20.4 Å². The molecule has 0 saturated carbocycles. The highest BCUT2D eigenvalue weighted by Crippen LogP contribution is 2.34. The van der Waals surface area contributed by atoms with Gasteiger partial charge in [0.1, 0.15) is 6.61 Å². The van der Waals surface area contributed by atoms with E-state index in [1.165, 1.54) is 0 Å². The summed E-state index contributed by atoms with van der Waals surface area (Å²) in [5.74, 6) is -1.57. The number of carbonyl (C=O) groups excluding carboxylic acids is 2. The van der Waals surface area contributed by atoms with E-state index in [2.05, 4.69) is 9.47 Å². The number of esters is 1. The van der Waals surface area contributed by atoms with Gasteiger partial charge >= 0.3 is 11.4 Å². The number of rotatable bonds is 3. The maximum Gasteiger partial charge on any atom is 0.404 e. The Labute approximate surface area is 133 Å². The molecule has 0 aliphatic rings. The summed E-state index contributed by atoms with van der Waals surface area (Å²) >= 11 is 36.8. The Hall–Kier alpha value is 0.970. The summed E-state index contributed by atoms with van der Waals surface area (Å²) in [7, 11) is 0. The first-order valence-electron chi connectivity index (χ1n) is 3.99. The molecule has 100 valence electrons. The number of carbonyl (C=O) groups is 2. The minimum Gasteiger partial charge on any atom is -0.458 e. The van der Waals surface area contributed by atoms with Crippen molar-refractivity contribution in [3.63, 3.8) is 0 Å². The van der Waals surface area contributed by atoms with E-state index >= 15 is 0 Å². The molecule has 0 aromatic rings. The van der Waals surface area contributed by atoms with Crippen LogP contribution >= 0.6 is 81.2 Å². The number of ether oxygens (including phenoxy) is 2. The second-order valence-corrected chi connectivity index (χ2v) is 7.46. The normalized spacial score (nSPS) is 16.8. The molecule has 0 fully saturated rings. The number of alkyl halides is 6. The minimum atomic E-state index is -3.04. The van der Waals surface area contributed by atoms with Crippen molar-refractivity contribution in [2.75, 3.05) is 6.61 Å². The summed E-state index contributed by atoms with van der Waals surface area (Å²) in [6.45, 7) is -0.752. The molecule has 0 aliphatic carbocycles. The molecule has 0 heterocycles. The van der Waals surface area contributed by atoms with Crippen molar-refractivity contribution in [2.24, 2.45) is 0 Å². The highest BCUT2D eigenvalue weighted by Gasteiger charge is 2.43. The van der Waals surface area contributed by atoms with Crippen LogP contribution in [0.1, 0.15) is 1.37 Å². The van der Waals surface area contributed by atoms with Crippen LogP contribution in [-0.4, -0.2) is 31.7 Å². The zero-order valence-corrected chi connectivity index (χ0v) is 12.8. The summed E-state index contributed by atoms with van der Waals surface area (Å²) in [6, 6.07) is 0. The van der Waals surface area contributed by atoms with E-state index in [9.17, 15) is 9.59 Å². The summed E-state index contributed by atoms with van der Waals surface area (Å²) in [4.78, 5) is 22.1. The van der Waals surface area contributed by atoms with Gasteiger partial charge in [-0.3, -0.25) is 0 Å². The van der Waals surface area contributed by atoms with Crippen molar-refractivity contribution in [2.45, 2.75) is 13.7 Å². The molecule has 1 atom stereocenters. The van der Waals surface area contributed by atoms with Gasteiger partial charge < -0.3 is 9.47 Å². The Bertz CT molecular complexity index is 338. The molecule has 0 radical (unpaired) electrons. The van der Waals surface area contributed by atoms with E-state index in [0.29, 0.717) is 0 Å². The molecule has 4 nitrogen and oxygen atoms in total. The lowest BCUT2D eigenvalue weighted by atomic mass is 10.4. The molecule has 0 aromatic carbocycles. The lowest BCUT2D eigenvalue weighted by Gasteiger charge is -2.22. The van der Waals surface area contributed by atoms with Crippen molar-refractivity contribution in [3.05, 3.63) is 0 Å². The average Bonchev–Trinajstić information content (AvgIpc) is 2.09. The maximum atomic E-state index is 11.5. The van der Waals surface area contributed by atoms with Gasteiger partial charge in [0.15, 0.2) is 0 Å². The Morgan fingerprint density at radius 3 is 1.94 bits per heavy atom. The van der Waals surface area contributed by atoms with Crippen molar-refractivity contribution >= 4 is 92.6 Å². The van der Waals surface area contributed by atoms with E-state index in [0.717, 1.165) is 0 Å². The third kappa shape index (κ3) is 8.65. The van der Waals surface area contributed by atoms with Crippen LogP contribution in [0.25, 0.3) is 0 Å². The lowest BCUT2D eigenvalue weighted by molar-refractivity contribution is -0.152. The molecule has 0 spiro atoms. The highest BCUT2D eigenvalue weighted by molar-refractivity contribution is 6.69. The Morgan fingerprint density at radius 1 is 1.18 bits per heavy atom. The van der Waals surface area contributed by atoms with Crippen LogP contribution in [-0.2, 0) is 14.3 Å². The quantitative estimate of drug-likeness (QED) is 0.417. The molecule has 0 aromatic heterocycles. The number of halogens is 7. The largest absolute Gasteiger partial charge is 0.458 e. The summed E-state index contributed by atoms with van der Waals surface area (Å²) < 4.78 is 11.4. The first-order chi connectivity index (χ1) is 7.79. The molecule has 0 bridgehead atoms. The van der Waals surface area contributed by atoms with Crippen molar-refractivity contribution in [3.8, 4) is 0 Å². The zero-order chi connectivity index (χ0) is 14.8. The number of hydrogen-bond acceptors (Lipinski definition) is 4. The molecule has 17 heavy (non-hydrogen) atoms. The topological polar surface area (TPSA) is 52.6 Å². The predicted molar refractivity (Wildman–Crippen MR) is 67.7 cm³/mol. The van der Waals surface area contributed by atoms with Crippen LogP contribution in [0.15, 0.2) is 0 Å². The molecule has 11 heteroatoms. The molecular weight excluding hydrogens is 384 g/mol. The first-order valence-corrected chi connectivity index (χ1v) is 6.13. The second kappa shape index (κ2) is 6.94. The highest BCUT2D eigenvalue weighted by atomic mass is 35.6. The average molecular weight is 388 g/mol. The SMILES string of the molecule is [2H]C(OC(=O)Cl)(C(=O)OCC(Cl)(Cl)Cl)C(Cl)(Cl)Cl. The van der Waals surface area contributed by atoms with Gasteiger partial charge in [-0.1, -0.05) is 69.6 Å². The van der Waals surface area contributed by atoms with Gasteiger partial charge in [-0.05, 0) is 0 Å². The van der Waals surface area contributed by atoms with Crippen molar-refractivity contribution in [1.82, 2.24) is 0 Å². The third-order valence-electron chi connectivity index (χ3n) is 0.992. The summed E-state index contributed by atoms with van der Waals surface area (Å²) in [6.07, 6.45) is -3.04. The van der Waals surface area contributed by atoms with Crippen LogP contribution in [0.4, 0.5) is 4.79 Å². The Kier molecular flexibility index (Phi) is 6.54. The fourth-order valence-electron chi connectivity index (χ4n) is 0.508. The lowest BCUT2D eigenvalue weighted by Crippen LogP contribution is -2.40. The van der Waals surface area contributed by atoms with Gasteiger partial charge in [0.25, 0.3) is 0 Å². The van der Waals surface area contributed by atoms with Crippen LogP contribution < -0.4 is 0 Å². The molecule has 1 unspecified atom stereocenters. The molecular formula is C6H3Cl7O4. The predicted octanol–water partition coefficient (Wildman–Crippen LogP) is 4.01. The van der Waals surface area contributed by atoms with Gasteiger partial charge in [-0.15, -0.1) is 0 Å². The fourth-order valence-corrected chi connectivity index (χ4v) is 1.10. The second-order valence-electron chi connectivity index (χ2n) is 2.36. The summed E-state index contributed by atoms with van der Waals surface area (Å²) in [5.41, 5.74) is -1.55. The van der Waals surface area contributed by atoms with E-state index < -0.39 is 31.7 Å². The molecule has 0 saturated heterocycles. The molecule has 0 rings (SSSR count). The number of hydrogen-bond donors (Lipinski definition) is 0. The fraction of sp³-hybridized carbons (Fsp3) is 0.667. The van der Waals surface area contributed by atoms with Crippen LogP contribution in [0.2, 0.25) is 0 Å². The van der Waals surface area contributed by atoms with E-state index in [1.54, 1.807) is 0 Å². The van der Waals surface area contributed by atoms with E-state index in [4.69, 9.17) is 82.6 Å². The van der Waals surface area contributed by atoms with Crippen LogP contribution in [0, 0.1) is 0 Å².